The highest BCUT2D eigenvalue weighted by molar-refractivity contribution is 7.17. The summed E-state index contributed by atoms with van der Waals surface area (Å²) in [7, 11) is 0. The molecule has 0 aliphatic carbocycles. The number of carboxylic acids is 1. The maximum absolute atomic E-state index is 11.7. The zero-order valence-corrected chi connectivity index (χ0v) is 20.0. The Labute approximate surface area is 208 Å². The molecule has 1 aliphatic rings. The number of nitrogens with two attached hydrogens (primary N) is 1. The second-order valence-electron chi connectivity index (χ2n) is 8.10. The highest BCUT2D eigenvalue weighted by atomic mass is 35.5. The average molecular weight is 513 g/mol. The molecule has 34 heavy (non-hydrogen) atoms. The van der Waals surface area contributed by atoms with Crippen molar-refractivity contribution in [3.05, 3.63) is 68.6 Å². The molecule has 5 rings (SSSR count). The number of hydrogen-bond acceptors (Lipinski definition) is 7. The van der Waals surface area contributed by atoms with Crippen LogP contribution in [0.15, 0.2) is 41.8 Å². The van der Waals surface area contributed by atoms with Gasteiger partial charge >= 0.3 is 5.97 Å². The number of carbonyl (C=O) groups excluding carboxylic acids is 1. The minimum atomic E-state index is -0.853. The second kappa shape index (κ2) is 8.87. The van der Waals surface area contributed by atoms with Gasteiger partial charge in [0.1, 0.15) is 5.15 Å². The van der Waals surface area contributed by atoms with E-state index in [1.54, 1.807) is 11.3 Å². The van der Waals surface area contributed by atoms with Crippen LogP contribution in [0, 0.1) is 0 Å². The first-order chi connectivity index (χ1) is 16.3. The molecule has 1 aliphatic heterocycles. The van der Waals surface area contributed by atoms with E-state index in [2.05, 4.69) is 20.2 Å². The van der Waals surface area contributed by atoms with Gasteiger partial charge in [0.25, 0.3) is 0 Å². The topological polar surface area (TPSA) is 109 Å². The van der Waals surface area contributed by atoms with E-state index >= 15 is 0 Å². The molecule has 0 fully saturated rings. The highest BCUT2D eigenvalue weighted by Gasteiger charge is 2.31. The minimum Gasteiger partial charge on any atom is -0.481 e. The molecule has 10 heteroatoms. The van der Waals surface area contributed by atoms with Crippen LogP contribution in [0.5, 0.6) is 0 Å². The third kappa shape index (κ3) is 4.09. The Kier molecular flexibility index (Phi) is 5.89. The molecule has 2 aromatic heterocycles. The number of halogens is 2. The Bertz CT molecular complexity index is 1460. The second-order valence-corrected chi connectivity index (χ2v) is 9.81. The van der Waals surface area contributed by atoms with Gasteiger partial charge in [-0.15, -0.1) is 11.3 Å². The fourth-order valence-corrected chi connectivity index (χ4v) is 5.80. The molecule has 0 amide bonds. The molecule has 0 radical (unpaired) electrons. The van der Waals surface area contributed by atoms with Crippen LogP contribution < -0.4 is 10.6 Å². The van der Waals surface area contributed by atoms with Gasteiger partial charge in [0.15, 0.2) is 6.29 Å². The number of thiophene rings is 1. The number of aliphatic carboxylic acids is 1. The predicted molar refractivity (Wildman–Crippen MR) is 135 cm³/mol. The van der Waals surface area contributed by atoms with E-state index in [0.717, 1.165) is 26.9 Å². The van der Waals surface area contributed by atoms with Crippen LogP contribution in [-0.4, -0.2) is 33.9 Å². The number of benzene rings is 2. The van der Waals surface area contributed by atoms with Crippen LogP contribution in [0.3, 0.4) is 0 Å². The summed E-state index contributed by atoms with van der Waals surface area (Å²) < 4.78 is 1.14. The van der Waals surface area contributed by atoms with Crippen LogP contribution in [0.1, 0.15) is 33.8 Å². The van der Waals surface area contributed by atoms with E-state index in [1.807, 2.05) is 36.4 Å². The van der Waals surface area contributed by atoms with Gasteiger partial charge in [-0.3, -0.25) is 9.59 Å². The molecular weight excluding hydrogens is 495 g/mol. The van der Waals surface area contributed by atoms with Gasteiger partial charge in [-0.05, 0) is 46.2 Å². The summed E-state index contributed by atoms with van der Waals surface area (Å²) in [5.74, 6) is -1.05. The van der Waals surface area contributed by atoms with Crippen LogP contribution in [0.2, 0.25) is 10.2 Å². The number of hydrogen-bond donors (Lipinski definition) is 2. The van der Waals surface area contributed by atoms with Crippen LogP contribution in [0.4, 0.5) is 11.6 Å². The standard InChI is InChI=1S/C24H18Cl2N4O3S/c25-15-2-4-20-17(7-15)14(11-34-20)9-30-8-13(6-21(32)33)16-3-1-12(5-19(16)30)22-18(10-31)23(26)29-24(27)28-22/h1-5,7,10-11,13H,6,8-9H2,(H,32,33)(H2,27,28,29). The number of aldehydes is 1. The lowest BCUT2D eigenvalue weighted by Gasteiger charge is -2.20. The van der Waals surface area contributed by atoms with Crippen molar-refractivity contribution in [1.82, 2.24) is 9.97 Å². The third-order valence-corrected chi connectivity index (χ3v) is 7.49. The molecule has 172 valence electrons. The Morgan fingerprint density at radius 1 is 1.24 bits per heavy atom. The molecule has 7 nitrogen and oxygen atoms in total. The van der Waals surface area contributed by atoms with Gasteiger partial charge in [0, 0.05) is 40.0 Å². The molecule has 1 atom stereocenters. The zero-order chi connectivity index (χ0) is 24.0. The fraction of sp³-hybridized carbons (Fsp3) is 0.167. The van der Waals surface area contributed by atoms with E-state index in [4.69, 9.17) is 28.9 Å². The summed E-state index contributed by atoms with van der Waals surface area (Å²) in [6.45, 7) is 1.14. The molecule has 2 aromatic carbocycles. The first-order valence-electron chi connectivity index (χ1n) is 10.4. The van der Waals surface area contributed by atoms with Gasteiger partial charge in [-0.1, -0.05) is 35.3 Å². The lowest BCUT2D eigenvalue weighted by molar-refractivity contribution is -0.137. The lowest BCUT2D eigenvalue weighted by Crippen LogP contribution is -2.22. The van der Waals surface area contributed by atoms with Crippen molar-refractivity contribution in [1.29, 1.82) is 0 Å². The van der Waals surface area contributed by atoms with E-state index in [1.165, 1.54) is 0 Å². The monoisotopic (exact) mass is 512 g/mol. The normalized spacial score (nSPS) is 15.0. The molecule has 3 heterocycles. The Morgan fingerprint density at radius 2 is 2.06 bits per heavy atom. The third-order valence-electron chi connectivity index (χ3n) is 5.96. The minimum absolute atomic E-state index is 0.0137. The summed E-state index contributed by atoms with van der Waals surface area (Å²) in [5.41, 5.74) is 9.85. The lowest BCUT2D eigenvalue weighted by atomic mass is 9.96. The Hall–Kier alpha value is -3.20. The molecule has 3 N–H and O–H groups in total. The van der Waals surface area contributed by atoms with E-state index in [9.17, 15) is 14.7 Å². The number of rotatable bonds is 6. The first kappa shape index (κ1) is 22.6. The maximum atomic E-state index is 11.7. The van der Waals surface area contributed by atoms with Gasteiger partial charge in [-0.25, -0.2) is 9.97 Å². The van der Waals surface area contributed by atoms with Crippen molar-refractivity contribution in [2.75, 3.05) is 17.2 Å². The number of anilines is 2. The van der Waals surface area contributed by atoms with Gasteiger partial charge in [0.2, 0.25) is 5.95 Å². The Balaban J connectivity index is 1.59. The van der Waals surface area contributed by atoms with Crippen molar-refractivity contribution in [3.63, 3.8) is 0 Å². The maximum Gasteiger partial charge on any atom is 0.304 e. The molecule has 0 spiro atoms. The smallest absolute Gasteiger partial charge is 0.304 e. The summed E-state index contributed by atoms with van der Waals surface area (Å²) in [6.07, 6.45) is 0.626. The van der Waals surface area contributed by atoms with Gasteiger partial charge < -0.3 is 15.7 Å². The number of aromatic nitrogens is 2. The van der Waals surface area contributed by atoms with Gasteiger partial charge in [0.05, 0.1) is 17.7 Å². The van der Waals surface area contributed by atoms with Crippen molar-refractivity contribution >= 4 is 68.5 Å². The molecule has 0 bridgehead atoms. The quantitative estimate of drug-likeness (QED) is 0.254. The molecule has 4 aromatic rings. The number of carbonyl (C=O) groups is 2. The Morgan fingerprint density at radius 3 is 2.82 bits per heavy atom. The van der Waals surface area contributed by atoms with E-state index in [0.29, 0.717) is 35.7 Å². The van der Waals surface area contributed by atoms with Gasteiger partial charge in [-0.2, -0.15) is 0 Å². The average Bonchev–Trinajstić information content (AvgIpc) is 3.34. The summed E-state index contributed by atoms with van der Waals surface area (Å²) in [6, 6.07) is 11.4. The summed E-state index contributed by atoms with van der Waals surface area (Å²) in [4.78, 5) is 33.5. The predicted octanol–water partition coefficient (Wildman–Crippen LogP) is 5.64. The number of carboxylic acid groups (broad SMARTS) is 1. The van der Waals surface area contributed by atoms with Crippen LogP contribution in [-0.2, 0) is 11.3 Å². The zero-order valence-electron chi connectivity index (χ0n) is 17.7. The highest BCUT2D eigenvalue weighted by Crippen LogP contribution is 2.42. The van der Waals surface area contributed by atoms with Crippen molar-refractivity contribution in [3.8, 4) is 11.3 Å². The summed E-state index contributed by atoms with van der Waals surface area (Å²) >= 11 is 14.0. The summed E-state index contributed by atoms with van der Waals surface area (Å²) in [5, 5.41) is 13.3. The SMILES string of the molecule is Nc1nc(Cl)c(C=O)c(-c2ccc3c(c2)N(Cc2csc4ccc(Cl)cc24)CC3CC(=O)O)n1. The number of fused-ring (bicyclic) bond motifs is 2. The molecular formula is C24H18Cl2N4O3S. The molecule has 0 saturated heterocycles. The first-order valence-corrected chi connectivity index (χ1v) is 12.0. The number of nitrogens with zero attached hydrogens (tertiary/aromatic N) is 3. The molecule has 1 unspecified atom stereocenters. The molecule has 0 saturated carbocycles. The van der Waals surface area contributed by atoms with E-state index < -0.39 is 5.97 Å². The van der Waals surface area contributed by atoms with Crippen LogP contribution in [0.25, 0.3) is 21.3 Å². The fourth-order valence-electron chi connectivity index (χ4n) is 4.47. The number of nitrogen functional groups attached to an aromatic ring is 1. The van der Waals surface area contributed by atoms with Crippen LogP contribution >= 0.6 is 34.5 Å². The van der Waals surface area contributed by atoms with E-state index in [-0.39, 0.29) is 29.0 Å². The van der Waals surface area contributed by atoms with Crippen molar-refractivity contribution < 1.29 is 14.7 Å². The largest absolute Gasteiger partial charge is 0.481 e. The van der Waals surface area contributed by atoms with Crippen molar-refractivity contribution in [2.24, 2.45) is 0 Å². The van der Waals surface area contributed by atoms with Crippen molar-refractivity contribution in [2.45, 2.75) is 18.9 Å².